The van der Waals surface area contributed by atoms with Crippen LogP contribution in [0.5, 0.6) is 5.75 Å². The third-order valence-electron chi connectivity index (χ3n) is 2.49. The Balaban J connectivity index is 2.12. The third kappa shape index (κ3) is 3.33. The quantitative estimate of drug-likeness (QED) is 0.680. The molecule has 0 N–H and O–H groups in total. The first-order valence-corrected chi connectivity index (χ1v) is 7.32. The molecule has 2 aromatic rings. The maximum Gasteiger partial charge on any atom is 0.165 e. The van der Waals surface area contributed by atoms with Crippen molar-refractivity contribution in [3.8, 4) is 5.75 Å². The second kappa shape index (κ2) is 6.34. The van der Waals surface area contributed by atoms with Crippen molar-refractivity contribution in [2.75, 3.05) is 0 Å². The molecule has 0 radical (unpaired) electrons. The summed E-state index contributed by atoms with van der Waals surface area (Å²) in [6.45, 7) is 0.355. The van der Waals surface area contributed by atoms with Gasteiger partial charge in [0.2, 0.25) is 0 Å². The van der Waals surface area contributed by atoms with Gasteiger partial charge in [-0.3, -0.25) is 0 Å². The maximum atomic E-state index is 13.7. The van der Waals surface area contributed by atoms with Crippen molar-refractivity contribution >= 4 is 31.9 Å². The number of rotatable bonds is 4. The maximum absolute atomic E-state index is 13.7. The molecule has 2 rings (SSSR count). The predicted octanol–water partition coefficient (Wildman–Crippen LogP) is 5.06. The summed E-state index contributed by atoms with van der Waals surface area (Å²) in [6, 6.07) is 12.7. The average molecular weight is 374 g/mol. The second-order valence-corrected chi connectivity index (χ2v) is 5.25. The van der Waals surface area contributed by atoms with Crippen LogP contribution in [0.25, 0.3) is 0 Å². The zero-order valence-corrected chi connectivity index (χ0v) is 12.7. The smallest absolute Gasteiger partial charge is 0.165 e. The Hall–Kier alpha value is -0.870. The van der Waals surface area contributed by atoms with Gasteiger partial charge in [0.15, 0.2) is 11.6 Å². The van der Waals surface area contributed by atoms with E-state index >= 15 is 0 Å². The van der Waals surface area contributed by atoms with E-state index in [1.54, 1.807) is 6.07 Å². The Morgan fingerprint density at radius 3 is 2.44 bits per heavy atom. The molecule has 0 aliphatic rings. The molecule has 0 aromatic heterocycles. The van der Waals surface area contributed by atoms with Gasteiger partial charge < -0.3 is 4.74 Å². The molecule has 0 aliphatic heterocycles. The molecular formula is C14H11Br2FO. The molecule has 2 aromatic carbocycles. The van der Waals surface area contributed by atoms with Gasteiger partial charge in [-0.05, 0) is 23.8 Å². The van der Waals surface area contributed by atoms with Gasteiger partial charge in [0, 0.05) is 15.4 Å². The van der Waals surface area contributed by atoms with Crippen LogP contribution in [-0.2, 0) is 11.9 Å². The standard InChI is InChI=1S/C14H11Br2FO/c15-8-11-2-1-3-13(17)14(11)18-9-10-4-6-12(16)7-5-10/h1-7H,8-9H2. The zero-order chi connectivity index (χ0) is 13.0. The molecule has 0 atom stereocenters. The number of benzene rings is 2. The van der Waals surface area contributed by atoms with Crippen molar-refractivity contribution in [1.82, 2.24) is 0 Å². The van der Waals surface area contributed by atoms with Gasteiger partial charge in [0.25, 0.3) is 0 Å². The van der Waals surface area contributed by atoms with Gasteiger partial charge in [0.05, 0.1) is 0 Å². The van der Waals surface area contributed by atoms with Crippen LogP contribution in [0.1, 0.15) is 11.1 Å². The summed E-state index contributed by atoms with van der Waals surface area (Å²) in [5.41, 5.74) is 1.81. The normalized spacial score (nSPS) is 10.4. The molecule has 0 amide bonds. The van der Waals surface area contributed by atoms with E-state index in [-0.39, 0.29) is 5.82 Å². The Kier molecular flexibility index (Phi) is 4.78. The molecule has 18 heavy (non-hydrogen) atoms. The van der Waals surface area contributed by atoms with Crippen LogP contribution >= 0.6 is 31.9 Å². The SMILES string of the molecule is Fc1cccc(CBr)c1OCc1ccc(Br)cc1. The molecule has 1 nitrogen and oxygen atoms in total. The van der Waals surface area contributed by atoms with E-state index in [0.717, 1.165) is 15.6 Å². The highest BCUT2D eigenvalue weighted by Gasteiger charge is 2.08. The van der Waals surface area contributed by atoms with E-state index in [4.69, 9.17) is 4.74 Å². The highest BCUT2D eigenvalue weighted by Crippen LogP contribution is 2.25. The minimum atomic E-state index is -0.330. The monoisotopic (exact) mass is 372 g/mol. The van der Waals surface area contributed by atoms with Crippen molar-refractivity contribution in [3.05, 3.63) is 63.9 Å². The van der Waals surface area contributed by atoms with Gasteiger partial charge in [-0.25, -0.2) is 4.39 Å². The molecule has 0 aliphatic carbocycles. The summed E-state index contributed by atoms with van der Waals surface area (Å²) < 4.78 is 20.2. The van der Waals surface area contributed by atoms with E-state index in [9.17, 15) is 4.39 Å². The first kappa shape index (κ1) is 13.6. The summed E-state index contributed by atoms with van der Waals surface area (Å²) in [7, 11) is 0. The van der Waals surface area contributed by atoms with E-state index in [0.29, 0.717) is 17.7 Å². The van der Waals surface area contributed by atoms with Crippen LogP contribution in [0, 0.1) is 5.82 Å². The van der Waals surface area contributed by atoms with Crippen LogP contribution in [0.4, 0.5) is 4.39 Å². The highest BCUT2D eigenvalue weighted by atomic mass is 79.9. The molecule has 94 valence electrons. The Morgan fingerprint density at radius 1 is 1.06 bits per heavy atom. The predicted molar refractivity (Wildman–Crippen MR) is 77.5 cm³/mol. The van der Waals surface area contributed by atoms with Crippen LogP contribution in [0.3, 0.4) is 0 Å². The van der Waals surface area contributed by atoms with Gasteiger partial charge in [0.1, 0.15) is 6.61 Å². The number of hydrogen-bond acceptors (Lipinski definition) is 1. The molecule has 0 saturated heterocycles. The largest absolute Gasteiger partial charge is 0.486 e. The van der Waals surface area contributed by atoms with E-state index in [2.05, 4.69) is 31.9 Å². The highest BCUT2D eigenvalue weighted by molar-refractivity contribution is 9.10. The minimum Gasteiger partial charge on any atom is -0.486 e. The lowest BCUT2D eigenvalue weighted by atomic mass is 10.2. The molecule has 0 spiro atoms. The summed E-state index contributed by atoms with van der Waals surface area (Å²) in [5, 5.41) is 0.570. The number of alkyl halides is 1. The first-order valence-electron chi connectivity index (χ1n) is 5.41. The number of para-hydroxylation sites is 1. The summed E-state index contributed by atoms with van der Waals surface area (Å²) >= 11 is 6.69. The topological polar surface area (TPSA) is 9.23 Å². The number of halogens is 3. The zero-order valence-electron chi connectivity index (χ0n) is 9.50. The fourth-order valence-electron chi connectivity index (χ4n) is 1.56. The minimum absolute atomic E-state index is 0.317. The average Bonchev–Trinajstić information content (AvgIpc) is 2.39. The first-order chi connectivity index (χ1) is 8.70. The van der Waals surface area contributed by atoms with E-state index in [1.165, 1.54) is 6.07 Å². The van der Waals surface area contributed by atoms with Crippen LogP contribution < -0.4 is 4.74 Å². The Bertz CT molecular complexity index is 526. The molecule has 0 bridgehead atoms. The second-order valence-electron chi connectivity index (χ2n) is 3.78. The fourth-order valence-corrected chi connectivity index (χ4v) is 2.26. The fraction of sp³-hybridized carbons (Fsp3) is 0.143. The number of hydrogen-bond donors (Lipinski definition) is 0. The number of ether oxygens (including phenoxy) is 1. The molecule has 0 heterocycles. The van der Waals surface area contributed by atoms with Crippen molar-refractivity contribution < 1.29 is 9.13 Å². The lowest BCUT2D eigenvalue weighted by molar-refractivity contribution is 0.288. The van der Waals surface area contributed by atoms with Crippen molar-refractivity contribution in [1.29, 1.82) is 0 Å². The van der Waals surface area contributed by atoms with Crippen molar-refractivity contribution in [2.24, 2.45) is 0 Å². The summed E-state index contributed by atoms with van der Waals surface area (Å²) in [4.78, 5) is 0. The van der Waals surface area contributed by atoms with E-state index < -0.39 is 0 Å². The van der Waals surface area contributed by atoms with Gasteiger partial charge in [-0.2, -0.15) is 0 Å². The van der Waals surface area contributed by atoms with Crippen molar-refractivity contribution in [3.63, 3.8) is 0 Å². The molecule has 0 fully saturated rings. The summed E-state index contributed by atoms with van der Waals surface area (Å²) in [5.74, 6) is -0.0126. The molecular weight excluding hydrogens is 363 g/mol. The molecule has 0 unspecified atom stereocenters. The molecule has 4 heteroatoms. The lowest BCUT2D eigenvalue weighted by Crippen LogP contribution is -2.00. The van der Waals surface area contributed by atoms with Crippen molar-refractivity contribution in [2.45, 2.75) is 11.9 Å². The Labute approximate surface area is 122 Å². The van der Waals surface area contributed by atoms with Crippen LogP contribution in [-0.4, -0.2) is 0 Å². The third-order valence-corrected chi connectivity index (χ3v) is 3.62. The van der Waals surface area contributed by atoms with Gasteiger partial charge >= 0.3 is 0 Å². The molecule has 0 saturated carbocycles. The van der Waals surface area contributed by atoms with Crippen LogP contribution in [0.15, 0.2) is 46.9 Å². The van der Waals surface area contributed by atoms with Crippen LogP contribution in [0.2, 0.25) is 0 Å². The van der Waals surface area contributed by atoms with Gasteiger partial charge in [-0.1, -0.05) is 56.1 Å². The van der Waals surface area contributed by atoms with E-state index in [1.807, 2.05) is 30.3 Å². The summed E-state index contributed by atoms with van der Waals surface area (Å²) in [6.07, 6.45) is 0. The van der Waals surface area contributed by atoms with Gasteiger partial charge in [-0.15, -0.1) is 0 Å². The lowest BCUT2D eigenvalue weighted by Gasteiger charge is -2.11. The Morgan fingerprint density at radius 2 is 1.78 bits per heavy atom.